The van der Waals surface area contributed by atoms with Gasteiger partial charge >= 0.3 is 0 Å². The molecule has 1 atom stereocenters. The summed E-state index contributed by atoms with van der Waals surface area (Å²) in [6.07, 6.45) is -0.0521. The van der Waals surface area contributed by atoms with E-state index in [0.717, 1.165) is 16.5 Å². The van der Waals surface area contributed by atoms with Crippen molar-refractivity contribution in [1.29, 1.82) is 0 Å². The topological polar surface area (TPSA) is 47.6 Å². The van der Waals surface area contributed by atoms with E-state index >= 15 is 0 Å². The van der Waals surface area contributed by atoms with Crippen LogP contribution in [0.4, 0.5) is 0 Å². The Morgan fingerprint density at radius 3 is 2.52 bits per heavy atom. The molecule has 1 unspecified atom stereocenters. The van der Waals surface area contributed by atoms with Gasteiger partial charge in [0.2, 0.25) is 0 Å². The summed E-state index contributed by atoms with van der Waals surface area (Å²) in [6, 6.07) is 21.1. The fraction of sp³-hybridized carbons (Fsp3) is 0.227. The minimum atomic E-state index is -0.595. The second-order valence-corrected chi connectivity index (χ2v) is 6.47. The van der Waals surface area contributed by atoms with Crippen molar-refractivity contribution in [2.45, 2.75) is 19.4 Å². The van der Waals surface area contributed by atoms with E-state index in [1.54, 1.807) is 12.1 Å². The predicted molar refractivity (Wildman–Crippen MR) is 109 cm³/mol. The number of para-hydroxylation sites is 1. The molecule has 0 saturated carbocycles. The molecule has 27 heavy (non-hydrogen) atoms. The number of carbonyl (C=O) groups excluding carboxylic acids is 1. The molecule has 140 valence electrons. The van der Waals surface area contributed by atoms with Crippen molar-refractivity contribution in [1.82, 2.24) is 5.32 Å². The highest BCUT2D eigenvalue weighted by atomic mass is 35.5. The first-order valence-corrected chi connectivity index (χ1v) is 9.36. The van der Waals surface area contributed by atoms with Gasteiger partial charge in [-0.2, -0.15) is 0 Å². The minimum absolute atomic E-state index is 0.182. The van der Waals surface area contributed by atoms with E-state index in [-0.39, 0.29) is 5.91 Å². The maximum absolute atomic E-state index is 12.4. The average molecular weight is 384 g/mol. The van der Waals surface area contributed by atoms with E-state index in [9.17, 15) is 4.79 Å². The van der Waals surface area contributed by atoms with Crippen molar-refractivity contribution in [3.8, 4) is 11.5 Å². The average Bonchev–Trinajstić information content (AvgIpc) is 2.70. The maximum atomic E-state index is 12.4. The number of halogens is 1. The number of hydrogen-bond donors (Lipinski definition) is 1. The lowest BCUT2D eigenvalue weighted by atomic mass is 10.1. The SMILES string of the molecule is CCC(Oc1ccccc1Cl)C(=O)NCCOc1cccc2ccccc12. The molecule has 0 aliphatic rings. The molecule has 0 heterocycles. The van der Waals surface area contributed by atoms with Gasteiger partial charge in [0, 0.05) is 5.39 Å². The first kappa shape index (κ1) is 19.1. The van der Waals surface area contributed by atoms with Crippen molar-refractivity contribution in [3.63, 3.8) is 0 Å². The van der Waals surface area contributed by atoms with Gasteiger partial charge in [-0.15, -0.1) is 0 Å². The molecule has 4 nitrogen and oxygen atoms in total. The summed E-state index contributed by atoms with van der Waals surface area (Å²) in [6.45, 7) is 2.67. The van der Waals surface area contributed by atoms with Crippen LogP contribution in [0.1, 0.15) is 13.3 Å². The minimum Gasteiger partial charge on any atom is -0.491 e. The second kappa shape index (κ2) is 9.28. The maximum Gasteiger partial charge on any atom is 0.261 e. The first-order valence-electron chi connectivity index (χ1n) is 8.98. The molecule has 3 aromatic rings. The molecule has 0 radical (unpaired) electrons. The smallest absolute Gasteiger partial charge is 0.261 e. The van der Waals surface area contributed by atoms with Crippen LogP contribution in [-0.2, 0) is 4.79 Å². The molecule has 0 saturated heterocycles. The number of benzene rings is 3. The van der Waals surface area contributed by atoms with Crippen molar-refractivity contribution in [3.05, 3.63) is 71.8 Å². The number of amides is 1. The Bertz CT molecular complexity index is 907. The zero-order valence-corrected chi connectivity index (χ0v) is 15.9. The quantitative estimate of drug-likeness (QED) is 0.566. The number of ether oxygens (including phenoxy) is 2. The largest absolute Gasteiger partial charge is 0.491 e. The summed E-state index contributed by atoms with van der Waals surface area (Å²) in [5.41, 5.74) is 0. The van der Waals surface area contributed by atoms with Crippen LogP contribution in [0.2, 0.25) is 5.02 Å². The van der Waals surface area contributed by atoms with Gasteiger partial charge in [-0.3, -0.25) is 4.79 Å². The Balaban J connectivity index is 1.51. The van der Waals surface area contributed by atoms with Gasteiger partial charge in [-0.1, -0.05) is 67.1 Å². The van der Waals surface area contributed by atoms with E-state index in [2.05, 4.69) is 5.32 Å². The normalized spacial score (nSPS) is 11.8. The van der Waals surface area contributed by atoms with Crippen LogP contribution in [0.15, 0.2) is 66.7 Å². The van der Waals surface area contributed by atoms with Crippen LogP contribution in [-0.4, -0.2) is 25.2 Å². The molecule has 3 aromatic carbocycles. The van der Waals surface area contributed by atoms with Gasteiger partial charge in [-0.05, 0) is 30.0 Å². The molecule has 0 spiro atoms. The third-order valence-electron chi connectivity index (χ3n) is 4.18. The summed E-state index contributed by atoms with van der Waals surface area (Å²) in [7, 11) is 0. The molecule has 1 amide bonds. The molecule has 0 aliphatic carbocycles. The van der Waals surface area contributed by atoms with Gasteiger partial charge in [0.05, 0.1) is 11.6 Å². The Labute approximate surface area is 164 Å². The third-order valence-corrected chi connectivity index (χ3v) is 4.49. The standard InChI is InChI=1S/C22H22ClNO3/c1-2-19(27-21-12-6-5-11-18(21)23)22(25)24-14-15-26-20-13-7-9-16-8-3-4-10-17(16)20/h3-13,19H,2,14-15H2,1H3,(H,24,25). The number of fused-ring (bicyclic) bond motifs is 1. The van der Waals surface area contributed by atoms with Gasteiger partial charge < -0.3 is 14.8 Å². The van der Waals surface area contributed by atoms with E-state index in [1.807, 2.05) is 61.5 Å². The molecule has 0 bridgehead atoms. The number of rotatable bonds is 8. The van der Waals surface area contributed by atoms with E-state index in [1.165, 1.54) is 0 Å². The molecule has 3 rings (SSSR count). The first-order chi connectivity index (χ1) is 13.2. The highest BCUT2D eigenvalue weighted by molar-refractivity contribution is 6.32. The Kier molecular flexibility index (Phi) is 6.55. The van der Waals surface area contributed by atoms with Gasteiger partial charge in [0.25, 0.3) is 5.91 Å². The van der Waals surface area contributed by atoms with Gasteiger partial charge in [0.15, 0.2) is 6.10 Å². The second-order valence-electron chi connectivity index (χ2n) is 6.06. The number of hydrogen-bond acceptors (Lipinski definition) is 3. The lowest BCUT2D eigenvalue weighted by Gasteiger charge is -2.18. The van der Waals surface area contributed by atoms with E-state index in [4.69, 9.17) is 21.1 Å². The summed E-state index contributed by atoms with van der Waals surface area (Å²) >= 11 is 6.10. The zero-order chi connectivity index (χ0) is 19.1. The fourth-order valence-electron chi connectivity index (χ4n) is 2.79. The zero-order valence-electron chi connectivity index (χ0n) is 15.2. The van der Waals surface area contributed by atoms with Gasteiger partial charge in [-0.25, -0.2) is 0 Å². The Morgan fingerprint density at radius 1 is 1.00 bits per heavy atom. The summed E-state index contributed by atoms with van der Waals surface area (Å²) < 4.78 is 11.6. The van der Waals surface area contributed by atoms with Crippen LogP contribution < -0.4 is 14.8 Å². The van der Waals surface area contributed by atoms with E-state index < -0.39 is 6.10 Å². The molecule has 5 heteroatoms. The molecular weight excluding hydrogens is 362 g/mol. The van der Waals surface area contributed by atoms with Gasteiger partial charge in [0.1, 0.15) is 18.1 Å². The Hall–Kier alpha value is -2.72. The molecule has 1 N–H and O–H groups in total. The van der Waals surface area contributed by atoms with Crippen LogP contribution in [0.25, 0.3) is 10.8 Å². The highest BCUT2D eigenvalue weighted by Gasteiger charge is 2.19. The van der Waals surface area contributed by atoms with Crippen LogP contribution in [0.3, 0.4) is 0 Å². The summed E-state index contributed by atoms with van der Waals surface area (Å²) in [5.74, 6) is 1.13. The molecular formula is C22H22ClNO3. The molecule has 0 aliphatic heterocycles. The van der Waals surface area contributed by atoms with Crippen molar-refractivity contribution in [2.75, 3.05) is 13.2 Å². The lowest BCUT2D eigenvalue weighted by Crippen LogP contribution is -2.39. The van der Waals surface area contributed by atoms with Crippen LogP contribution >= 0.6 is 11.6 Å². The van der Waals surface area contributed by atoms with Crippen molar-refractivity contribution >= 4 is 28.3 Å². The lowest BCUT2D eigenvalue weighted by molar-refractivity contribution is -0.128. The molecule has 0 fully saturated rings. The van der Waals surface area contributed by atoms with Crippen molar-refractivity contribution < 1.29 is 14.3 Å². The highest BCUT2D eigenvalue weighted by Crippen LogP contribution is 2.25. The summed E-state index contributed by atoms with van der Waals surface area (Å²) in [4.78, 5) is 12.4. The number of nitrogens with one attached hydrogen (secondary N) is 1. The van der Waals surface area contributed by atoms with Crippen molar-refractivity contribution in [2.24, 2.45) is 0 Å². The third kappa shape index (κ3) is 4.92. The Morgan fingerprint density at radius 2 is 1.70 bits per heavy atom. The summed E-state index contributed by atoms with van der Waals surface area (Å²) in [5, 5.41) is 5.53. The monoisotopic (exact) mass is 383 g/mol. The molecule has 0 aromatic heterocycles. The fourth-order valence-corrected chi connectivity index (χ4v) is 2.97. The van der Waals surface area contributed by atoms with E-state index in [0.29, 0.717) is 30.3 Å². The van der Waals surface area contributed by atoms with Crippen LogP contribution in [0, 0.1) is 0 Å². The number of carbonyl (C=O) groups is 1. The van der Waals surface area contributed by atoms with Crippen LogP contribution in [0.5, 0.6) is 11.5 Å². The predicted octanol–water partition coefficient (Wildman–Crippen LogP) is 4.85.